The number of nitrogens with one attached hydrogen (secondary N) is 2. The lowest BCUT2D eigenvalue weighted by Crippen LogP contribution is -2.18. The Kier molecular flexibility index (Phi) is 5.75. The van der Waals surface area contributed by atoms with Crippen LogP contribution < -0.4 is 10.9 Å². The molecule has 3 rings (SSSR count). The molecule has 0 atom stereocenters. The summed E-state index contributed by atoms with van der Waals surface area (Å²) in [6.45, 7) is 0. The van der Waals surface area contributed by atoms with Crippen molar-refractivity contribution in [1.29, 1.82) is 0 Å². The molecule has 0 spiro atoms. The second-order valence-electron chi connectivity index (χ2n) is 5.42. The number of carbonyl (C=O) groups excluding carboxylic acids is 1. The predicted octanol–water partition coefficient (Wildman–Crippen LogP) is 2.78. The molecular formula is C18H15FN4O2S. The number of halogens is 1. The minimum absolute atomic E-state index is 0.0249. The second kappa shape index (κ2) is 8.39. The van der Waals surface area contributed by atoms with Crippen LogP contribution in [0.3, 0.4) is 0 Å². The Hall–Kier alpha value is -3.00. The van der Waals surface area contributed by atoms with Crippen molar-refractivity contribution in [3.05, 3.63) is 82.3 Å². The summed E-state index contributed by atoms with van der Waals surface area (Å²) in [4.78, 5) is 34.7. The normalized spacial score (nSPS) is 10.5. The van der Waals surface area contributed by atoms with Gasteiger partial charge in [0, 0.05) is 18.0 Å². The van der Waals surface area contributed by atoms with E-state index < -0.39 is 0 Å². The van der Waals surface area contributed by atoms with Crippen LogP contribution in [-0.4, -0.2) is 20.9 Å². The molecule has 0 aliphatic rings. The van der Waals surface area contributed by atoms with Crippen LogP contribution in [0.15, 0.2) is 64.8 Å². The minimum Gasteiger partial charge on any atom is -0.324 e. The van der Waals surface area contributed by atoms with Gasteiger partial charge in [-0.15, -0.1) is 0 Å². The molecule has 0 radical (unpaired) electrons. The molecule has 0 fully saturated rings. The van der Waals surface area contributed by atoms with Gasteiger partial charge in [0.05, 0.1) is 24.0 Å². The first-order valence-corrected chi connectivity index (χ1v) is 8.74. The molecular weight excluding hydrogens is 355 g/mol. The molecule has 132 valence electrons. The number of H-pyrrole nitrogens is 1. The molecule has 0 saturated carbocycles. The van der Waals surface area contributed by atoms with Gasteiger partial charge in [-0.25, -0.2) is 9.37 Å². The maximum atomic E-state index is 12.9. The molecule has 1 aromatic carbocycles. The van der Waals surface area contributed by atoms with Gasteiger partial charge >= 0.3 is 0 Å². The molecule has 0 aliphatic heterocycles. The van der Waals surface area contributed by atoms with E-state index in [0.29, 0.717) is 22.3 Å². The molecule has 0 unspecified atom stereocenters. The van der Waals surface area contributed by atoms with E-state index in [1.54, 1.807) is 30.5 Å². The number of carbonyl (C=O) groups is 1. The quantitative estimate of drug-likeness (QED) is 0.515. The molecule has 8 heteroatoms. The highest BCUT2D eigenvalue weighted by Crippen LogP contribution is 2.18. The first-order valence-electron chi connectivity index (χ1n) is 7.76. The molecule has 1 amide bonds. The second-order valence-corrected chi connectivity index (χ2v) is 6.39. The van der Waals surface area contributed by atoms with Crippen molar-refractivity contribution >= 4 is 23.4 Å². The lowest BCUT2D eigenvalue weighted by atomic mass is 10.2. The van der Waals surface area contributed by atoms with Gasteiger partial charge in [0.25, 0.3) is 5.56 Å². The van der Waals surface area contributed by atoms with Crippen LogP contribution in [-0.2, 0) is 17.0 Å². The summed E-state index contributed by atoms with van der Waals surface area (Å²) >= 11 is 1.31. The van der Waals surface area contributed by atoms with Crippen molar-refractivity contribution in [3.63, 3.8) is 0 Å². The molecule has 6 nitrogen and oxygen atoms in total. The summed E-state index contributed by atoms with van der Waals surface area (Å²) < 4.78 is 12.9. The van der Waals surface area contributed by atoms with E-state index in [-0.39, 0.29) is 23.7 Å². The molecule has 2 aromatic heterocycles. The van der Waals surface area contributed by atoms with Crippen LogP contribution in [0.25, 0.3) is 0 Å². The molecule has 2 N–H and O–H groups in total. The number of benzene rings is 1. The number of pyridine rings is 1. The Balaban J connectivity index is 1.64. The number of hydrogen-bond donors (Lipinski definition) is 2. The number of aromatic amines is 1. The van der Waals surface area contributed by atoms with Gasteiger partial charge in [-0.2, -0.15) is 0 Å². The molecule has 0 aliphatic carbocycles. The summed E-state index contributed by atoms with van der Waals surface area (Å²) in [5.74, 6) is -0.0633. The van der Waals surface area contributed by atoms with Crippen LogP contribution in [0, 0.1) is 5.82 Å². The number of aromatic nitrogens is 3. The van der Waals surface area contributed by atoms with Gasteiger partial charge in [-0.05, 0) is 29.8 Å². The third-order valence-electron chi connectivity index (χ3n) is 3.35. The van der Waals surface area contributed by atoms with E-state index >= 15 is 0 Å². The fourth-order valence-corrected chi connectivity index (χ4v) is 3.03. The average molecular weight is 370 g/mol. The standard InChI is InChI=1S/C18H15FN4O2S/c19-13-5-3-12(4-6-13)11-26-18-22-15(9-17(25)23-18)8-16(24)21-14-2-1-7-20-10-14/h1-7,9-10H,8,11H2,(H,21,24)(H,22,23,25). The smallest absolute Gasteiger partial charge is 0.251 e. The molecule has 2 heterocycles. The van der Waals surface area contributed by atoms with Gasteiger partial charge in [-0.1, -0.05) is 23.9 Å². The van der Waals surface area contributed by atoms with Crippen molar-refractivity contribution in [2.75, 3.05) is 5.32 Å². The summed E-state index contributed by atoms with van der Waals surface area (Å²) in [6, 6.07) is 10.8. The van der Waals surface area contributed by atoms with E-state index in [4.69, 9.17) is 0 Å². The highest BCUT2D eigenvalue weighted by Gasteiger charge is 2.09. The number of hydrogen-bond acceptors (Lipinski definition) is 5. The zero-order valence-corrected chi connectivity index (χ0v) is 14.4. The Morgan fingerprint density at radius 1 is 1.23 bits per heavy atom. The monoisotopic (exact) mass is 370 g/mol. The van der Waals surface area contributed by atoms with E-state index in [2.05, 4.69) is 20.3 Å². The third-order valence-corrected chi connectivity index (χ3v) is 4.29. The van der Waals surface area contributed by atoms with Crippen LogP contribution in [0.2, 0.25) is 0 Å². The lowest BCUT2D eigenvalue weighted by Gasteiger charge is -2.06. The van der Waals surface area contributed by atoms with E-state index in [9.17, 15) is 14.0 Å². The Bertz CT molecular complexity index is 945. The van der Waals surface area contributed by atoms with Gasteiger partial charge < -0.3 is 10.3 Å². The molecule has 26 heavy (non-hydrogen) atoms. The Morgan fingerprint density at radius 3 is 2.77 bits per heavy atom. The highest BCUT2D eigenvalue weighted by atomic mass is 32.2. The van der Waals surface area contributed by atoms with Crippen molar-refractivity contribution in [3.8, 4) is 0 Å². The fourth-order valence-electron chi connectivity index (χ4n) is 2.18. The van der Waals surface area contributed by atoms with E-state index in [0.717, 1.165) is 5.56 Å². The number of amides is 1. The molecule has 3 aromatic rings. The minimum atomic E-state index is -0.328. The zero-order chi connectivity index (χ0) is 18.4. The van der Waals surface area contributed by atoms with Crippen molar-refractivity contribution in [1.82, 2.24) is 15.0 Å². The number of rotatable bonds is 6. The maximum absolute atomic E-state index is 12.9. The summed E-state index contributed by atoms with van der Waals surface area (Å²) in [5, 5.41) is 3.10. The van der Waals surface area contributed by atoms with Crippen LogP contribution in [0.4, 0.5) is 10.1 Å². The van der Waals surface area contributed by atoms with Crippen LogP contribution in [0.1, 0.15) is 11.3 Å². The van der Waals surface area contributed by atoms with E-state index in [1.165, 1.54) is 36.2 Å². The van der Waals surface area contributed by atoms with Gasteiger partial charge in [0.1, 0.15) is 5.82 Å². The first-order chi connectivity index (χ1) is 12.6. The SMILES string of the molecule is O=C(Cc1cc(=O)[nH]c(SCc2ccc(F)cc2)n1)Nc1cccnc1. The Labute approximate surface area is 152 Å². The molecule has 0 saturated heterocycles. The van der Waals surface area contributed by atoms with Gasteiger partial charge in [-0.3, -0.25) is 14.6 Å². The number of anilines is 1. The number of thioether (sulfide) groups is 1. The lowest BCUT2D eigenvalue weighted by molar-refractivity contribution is -0.115. The molecule has 0 bridgehead atoms. The first kappa shape index (κ1) is 17.8. The van der Waals surface area contributed by atoms with Crippen molar-refractivity contribution in [2.45, 2.75) is 17.3 Å². The predicted molar refractivity (Wildman–Crippen MR) is 97.4 cm³/mol. The highest BCUT2D eigenvalue weighted by molar-refractivity contribution is 7.98. The largest absolute Gasteiger partial charge is 0.324 e. The van der Waals surface area contributed by atoms with Crippen molar-refractivity contribution in [2.24, 2.45) is 0 Å². The van der Waals surface area contributed by atoms with Gasteiger partial charge in [0.15, 0.2) is 5.16 Å². The Morgan fingerprint density at radius 2 is 2.04 bits per heavy atom. The fraction of sp³-hybridized carbons (Fsp3) is 0.111. The van der Waals surface area contributed by atoms with Crippen LogP contribution in [0.5, 0.6) is 0 Å². The number of nitrogens with zero attached hydrogens (tertiary/aromatic N) is 2. The van der Waals surface area contributed by atoms with E-state index in [1.807, 2.05) is 0 Å². The maximum Gasteiger partial charge on any atom is 0.251 e. The zero-order valence-electron chi connectivity index (χ0n) is 13.6. The topological polar surface area (TPSA) is 87.7 Å². The summed E-state index contributed by atoms with van der Waals surface area (Å²) in [7, 11) is 0. The average Bonchev–Trinajstić information content (AvgIpc) is 2.61. The summed E-state index contributed by atoms with van der Waals surface area (Å²) in [5.41, 5.74) is 1.52. The summed E-state index contributed by atoms with van der Waals surface area (Å²) in [6.07, 6.45) is 3.12. The van der Waals surface area contributed by atoms with Gasteiger partial charge in [0.2, 0.25) is 5.91 Å². The third kappa shape index (κ3) is 5.25. The van der Waals surface area contributed by atoms with Crippen molar-refractivity contribution < 1.29 is 9.18 Å². The van der Waals surface area contributed by atoms with Crippen LogP contribution >= 0.6 is 11.8 Å².